The summed E-state index contributed by atoms with van der Waals surface area (Å²) in [5, 5.41) is 2.98. The Balaban J connectivity index is -0.0000000771. The Morgan fingerprint density at radius 3 is 1.04 bits per heavy atom. The number of rotatable bonds is 2. The van der Waals surface area contributed by atoms with Crippen LogP contribution < -0.4 is 0 Å². The van der Waals surface area contributed by atoms with Gasteiger partial charge in [-0.15, -0.1) is 50.1 Å². The Bertz CT molecular complexity index is 375. The first kappa shape index (κ1) is 35.0. The normalized spacial score (nSPS) is 14.3. The first-order chi connectivity index (χ1) is 8.21. The summed E-state index contributed by atoms with van der Waals surface area (Å²) < 4.78 is 0. The molecule has 6 heteroatoms. The number of allylic oxidation sites excluding steroid dienone is 8. The van der Waals surface area contributed by atoms with Crippen molar-refractivity contribution in [1.82, 2.24) is 0 Å². The maximum absolute atomic E-state index is 3.36. The molecule has 0 spiro atoms. The van der Waals surface area contributed by atoms with E-state index in [1.807, 2.05) is 0 Å². The number of hydrogen-bond donors (Lipinski definition) is 0. The third-order valence-corrected chi connectivity index (χ3v) is 6.92. The minimum atomic E-state index is -1.01. The molecular weight excluding hydrogens is 418 g/mol. The molecule has 0 aromatic carbocycles. The second kappa shape index (κ2) is 15.1. The quantitative estimate of drug-likeness (QED) is 0.320. The zero-order valence-corrected chi connectivity index (χ0v) is 21.2. The van der Waals surface area contributed by atoms with Crippen molar-refractivity contribution in [3.8, 4) is 0 Å². The third-order valence-electron chi connectivity index (χ3n) is 3.01. The van der Waals surface area contributed by atoms with Crippen molar-refractivity contribution in [2.75, 3.05) is 0 Å². The summed E-state index contributed by atoms with van der Waals surface area (Å²) in [6.45, 7) is 14.1. The van der Waals surface area contributed by atoms with Gasteiger partial charge in [0.25, 0.3) is 0 Å². The van der Waals surface area contributed by atoms with Crippen molar-refractivity contribution in [2.24, 2.45) is 0 Å². The van der Waals surface area contributed by atoms with Crippen LogP contribution in [-0.4, -0.2) is 16.1 Å². The van der Waals surface area contributed by atoms with Gasteiger partial charge in [-0.2, -0.15) is 12.2 Å². The summed E-state index contributed by atoms with van der Waals surface area (Å²) in [4.78, 5) is 0. The first-order valence-electron chi connectivity index (χ1n) is 6.77. The van der Waals surface area contributed by atoms with Gasteiger partial charge in [-0.3, -0.25) is 12.2 Å². The topological polar surface area (TPSA) is 0 Å². The minimum Gasteiger partial charge on any atom is -0.358 e. The molecule has 1 radical (unpaired) electrons. The zero-order chi connectivity index (χ0) is 13.8. The van der Waals surface area contributed by atoms with E-state index in [0.29, 0.717) is 0 Å². The van der Waals surface area contributed by atoms with E-state index in [2.05, 4.69) is 75.7 Å². The van der Waals surface area contributed by atoms with Crippen molar-refractivity contribution in [3.05, 3.63) is 54.3 Å². The smallest absolute Gasteiger partial charge is 0.0393 e. The number of hydrogen-bond acceptors (Lipinski definition) is 0. The SMILES string of the molecule is C[Si](C)(C)C1=[C-]CC=C1.C[Si](C)(C)C1=[C-]CC=C1.Cl.Cl.Cl.[CH3-].[V]. The summed E-state index contributed by atoms with van der Waals surface area (Å²) in [5.41, 5.74) is 0. The Morgan fingerprint density at radius 1 is 0.696 bits per heavy atom. The summed E-state index contributed by atoms with van der Waals surface area (Å²) in [6, 6.07) is 0. The van der Waals surface area contributed by atoms with Crippen LogP contribution in [0, 0.1) is 19.6 Å². The van der Waals surface area contributed by atoms with Crippen LogP contribution in [0.1, 0.15) is 12.8 Å². The van der Waals surface area contributed by atoms with E-state index < -0.39 is 16.1 Å². The van der Waals surface area contributed by atoms with E-state index in [4.69, 9.17) is 0 Å². The van der Waals surface area contributed by atoms with Gasteiger partial charge in [0.1, 0.15) is 0 Å². The molecule has 2 rings (SSSR count). The Hall–Kier alpha value is 0.848. The maximum atomic E-state index is 3.36. The molecule has 0 aliphatic heterocycles. The van der Waals surface area contributed by atoms with Gasteiger partial charge in [0.15, 0.2) is 0 Å². The molecule has 137 valence electrons. The van der Waals surface area contributed by atoms with E-state index >= 15 is 0 Å². The molecule has 23 heavy (non-hydrogen) atoms. The Kier molecular flexibility index (Phi) is 23.1. The van der Waals surface area contributed by atoms with Crippen LogP contribution in [0.3, 0.4) is 0 Å². The second-order valence-electron chi connectivity index (χ2n) is 6.89. The summed E-state index contributed by atoms with van der Waals surface area (Å²) in [7, 11) is -2.01. The average molecular weight is 450 g/mol. The fraction of sp³-hybridized carbons (Fsp3) is 0.471. The summed E-state index contributed by atoms with van der Waals surface area (Å²) in [6.07, 6.45) is 17.6. The maximum Gasteiger partial charge on any atom is 0.0393 e. The van der Waals surface area contributed by atoms with Crippen molar-refractivity contribution < 1.29 is 18.6 Å². The van der Waals surface area contributed by atoms with E-state index in [0.717, 1.165) is 12.8 Å². The van der Waals surface area contributed by atoms with Crippen molar-refractivity contribution in [2.45, 2.75) is 52.1 Å². The van der Waals surface area contributed by atoms with Crippen LogP contribution in [-0.2, 0) is 18.6 Å². The van der Waals surface area contributed by atoms with E-state index in [9.17, 15) is 0 Å². The fourth-order valence-electron chi connectivity index (χ4n) is 1.84. The first-order valence-corrected chi connectivity index (χ1v) is 13.8. The van der Waals surface area contributed by atoms with Crippen LogP contribution in [0.25, 0.3) is 0 Å². The molecule has 2 aliphatic rings. The molecule has 0 saturated carbocycles. The van der Waals surface area contributed by atoms with Crippen LogP contribution in [0.5, 0.6) is 0 Å². The van der Waals surface area contributed by atoms with Gasteiger partial charge in [0.2, 0.25) is 0 Å². The Morgan fingerprint density at radius 2 is 0.957 bits per heavy atom. The standard InChI is InChI=1S/2C8H13Si.CH3.3ClH.V/c2*1-9(2,3)8-6-4-5-7-8;;;;;/h2*4,6H,5H2,1-3H3;1H3;3*1H;/q3*-1;;;;. The summed E-state index contributed by atoms with van der Waals surface area (Å²) in [5.74, 6) is 0. The van der Waals surface area contributed by atoms with Gasteiger partial charge in [-0.1, -0.05) is 39.3 Å². The van der Waals surface area contributed by atoms with Gasteiger partial charge in [-0.25, -0.2) is 22.5 Å². The molecule has 0 N–H and O–H groups in total. The van der Waals surface area contributed by atoms with Gasteiger partial charge in [0, 0.05) is 34.7 Å². The van der Waals surface area contributed by atoms with Crippen molar-refractivity contribution in [1.29, 1.82) is 0 Å². The van der Waals surface area contributed by atoms with E-state index in [1.54, 1.807) is 0 Å². The van der Waals surface area contributed by atoms with Gasteiger partial charge in [0.05, 0.1) is 0 Å². The molecule has 0 heterocycles. The van der Waals surface area contributed by atoms with Crippen LogP contribution >= 0.6 is 37.2 Å². The molecule has 0 amide bonds. The fourth-order valence-corrected chi connectivity index (χ4v) is 4.34. The van der Waals surface area contributed by atoms with Crippen LogP contribution in [0.2, 0.25) is 39.3 Å². The van der Waals surface area contributed by atoms with E-state index in [-0.39, 0.29) is 63.2 Å². The molecule has 0 nitrogen and oxygen atoms in total. The predicted molar refractivity (Wildman–Crippen MR) is 116 cm³/mol. The zero-order valence-electron chi connectivity index (χ0n) is 15.4. The monoisotopic (exact) mass is 448 g/mol. The molecule has 0 bridgehead atoms. The molecular formula is C17H32Cl3Si2V-3. The van der Waals surface area contributed by atoms with Gasteiger partial charge < -0.3 is 7.43 Å². The molecule has 2 aliphatic carbocycles. The van der Waals surface area contributed by atoms with Crippen molar-refractivity contribution >= 4 is 53.4 Å². The van der Waals surface area contributed by atoms with Crippen LogP contribution in [0.4, 0.5) is 0 Å². The van der Waals surface area contributed by atoms with Gasteiger partial charge in [-0.05, 0) is 0 Å². The number of halogens is 3. The summed E-state index contributed by atoms with van der Waals surface area (Å²) >= 11 is 0. The average Bonchev–Trinajstić information content (AvgIpc) is 2.91. The molecule has 0 aromatic heterocycles. The molecule has 0 fully saturated rings. The second-order valence-corrected chi connectivity index (χ2v) is 17.0. The molecule has 0 saturated heterocycles. The molecule has 0 unspecified atom stereocenters. The minimum absolute atomic E-state index is 0. The van der Waals surface area contributed by atoms with Gasteiger partial charge >= 0.3 is 0 Å². The van der Waals surface area contributed by atoms with Crippen molar-refractivity contribution in [3.63, 3.8) is 0 Å². The van der Waals surface area contributed by atoms with E-state index in [1.165, 1.54) is 10.4 Å². The molecule has 0 aromatic rings. The van der Waals surface area contributed by atoms with Crippen LogP contribution in [0.15, 0.2) is 34.7 Å². The Labute approximate surface area is 177 Å². The molecule has 0 atom stereocenters. The predicted octanol–water partition coefficient (Wildman–Crippen LogP) is 6.82. The third kappa shape index (κ3) is 13.8. The largest absolute Gasteiger partial charge is 0.358 e.